The first-order valence-corrected chi connectivity index (χ1v) is 8.19. The summed E-state index contributed by atoms with van der Waals surface area (Å²) < 4.78 is 0. The van der Waals surface area contributed by atoms with Gasteiger partial charge in [-0.3, -0.25) is 19.7 Å². The Morgan fingerprint density at radius 1 is 1.04 bits per heavy atom. The van der Waals surface area contributed by atoms with Crippen LogP contribution in [0.1, 0.15) is 26.3 Å². The molecule has 0 bridgehead atoms. The van der Waals surface area contributed by atoms with Crippen molar-refractivity contribution in [1.29, 1.82) is 0 Å². The fourth-order valence-corrected chi connectivity index (χ4v) is 2.58. The highest BCUT2D eigenvalue weighted by Crippen LogP contribution is 2.19. The van der Waals surface area contributed by atoms with Gasteiger partial charge in [0.2, 0.25) is 11.8 Å². The van der Waals surface area contributed by atoms with Gasteiger partial charge in [0.15, 0.2) is 0 Å². The zero-order valence-corrected chi connectivity index (χ0v) is 14.8. The van der Waals surface area contributed by atoms with E-state index in [1.807, 2.05) is 20.8 Å². The minimum atomic E-state index is -0.461. The first kappa shape index (κ1) is 18.6. The number of rotatable bonds is 3. The monoisotopic (exact) mass is 345 g/mol. The van der Waals surface area contributed by atoms with Crippen molar-refractivity contribution < 1.29 is 14.5 Å². The molecule has 25 heavy (non-hydrogen) atoms. The molecule has 7 nitrogen and oxygen atoms in total. The fraction of sp³-hybridized carbons (Fsp3) is 0.444. The van der Waals surface area contributed by atoms with E-state index in [1.165, 1.54) is 18.2 Å². The van der Waals surface area contributed by atoms with Crippen LogP contribution in [0.5, 0.6) is 0 Å². The second-order valence-electron chi connectivity index (χ2n) is 7.05. The average Bonchev–Trinajstić information content (AvgIpc) is 2.58. The lowest BCUT2D eigenvalue weighted by atomic mass is 9.94. The third-order valence-electron chi connectivity index (χ3n) is 4.04. The standard InChI is InChI=1S/C18H23N3O4/c1-18(2,3)17(23)20-12-10-19(11-13-20)16(22)9-6-14-4-7-15(8-5-14)21(24)25/h4-9H,10-13H2,1-3H3/b9-6+. The third-order valence-corrected chi connectivity index (χ3v) is 4.04. The summed E-state index contributed by atoms with van der Waals surface area (Å²) in [5.74, 6) is -0.0257. The molecule has 0 unspecified atom stereocenters. The van der Waals surface area contributed by atoms with E-state index >= 15 is 0 Å². The number of non-ortho nitro benzene ring substituents is 1. The maximum Gasteiger partial charge on any atom is 0.269 e. The lowest BCUT2D eigenvalue weighted by Crippen LogP contribution is -2.52. The van der Waals surface area contributed by atoms with Crippen LogP contribution in [0.15, 0.2) is 30.3 Å². The van der Waals surface area contributed by atoms with Crippen LogP contribution in [0.3, 0.4) is 0 Å². The Labute approximate surface area is 147 Å². The normalized spacial score (nSPS) is 15.5. The maximum atomic E-state index is 12.2. The molecular weight excluding hydrogens is 322 g/mol. The predicted molar refractivity (Wildman–Crippen MR) is 94.7 cm³/mol. The zero-order valence-electron chi connectivity index (χ0n) is 14.8. The molecule has 1 fully saturated rings. The molecule has 2 rings (SSSR count). The number of hydrogen-bond acceptors (Lipinski definition) is 4. The van der Waals surface area contributed by atoms with Crippen molar-refractivity contribution in [2.24, 2.45) is 5.41 Å². The van der Waals surface area contributed by atoms with Crippen molar-refractivity contribution in [2.75, 3.05) is 26.2 Å². The summed E-state index contributed by atoms with van der Waals surface area (Å²) in [4.78, 5) is 38.1. The lowest BCUT2D eigenvalue weighted by molar-refractivity contribution is -0.384. The summed E-state index contributed by atoms with van der Waals surface area (Å²) in [7, 11) is 0. The molecule has 1 heterocycles. The van der Waals surface area contributed by atoms with Crippen molar-refractivity contribution in [3.8, 4) is 0 Å². The van der Waals surface area contributed by atoms with Crippen LogP contribution >= 0.6 is 0 Å². The molecule has 0 aliphatic carbocycles. The molecule has 7 heteroatoms. The number of nitro benzene ring substituents is 1. The summed E-state index contributed by atoms with van der Waals surface area (Å²) in [6.45, 7) is 7.75. The van der Waals surface area contributed by atoms with Gasteiger partial charge < -0.3 is 9.80 Å². The second-order valence-corrected chi connectivity index (χ2v) is 7.05. The molecular formula is C18H23N3O4. The second kappa shape index (κ2) is 7.46. The highest BCUT2D eigenvalue weighted by atomic mass is 16.6. The molecule has 0 saturated carbocycles. The highest BCUT2D eigenvalue weighted by Gasteiger charge is 2.30. The summed E-state index contributed by atoms with van der Waals surface area (Å²) in [6.07, 6.45) is 3.10. The number of piperazine rings is 1. The van der Waals surface area contributed by atoms with E-state index in [4.69, 9.17) is 0 Å². The Kier molecular flexibility index (Phi) is 5.56. The predicted octanol–water partition coefficient (Wildman–Crippen LogP) is 2.32. The van der Waals surface area contributed by atoms with Gasteiger partial charge in [0.25, 0.3) is 5.69 Å². The third kappa shape index (κ3) is 4.89. The van der Waals surface area contributed by atoms with Crippen molar-refractivity contribution in [3.05, 3.63) is 46.0 Å². The molecule has 1 aliphatic heterocycles. The van der Waals surface area contributed by atoms with Crippen molar-refractivity contribution in [1.82, 2.24) is 9.80 Å². The van der Waals surface area contributed by atoms with Crippen LogP contribution in [-0.2, 0) is 9.59 Å². The van der Waals surface area contributed by atoms with E-state index < -0.39 is 10.3 Å². The Balaban J connectivity index is 1.90. The van der Waals surface area contributed by atoms with Crippen LogP contribution in [0, 0.1) is 15.5 Å². The maximum absolute atomic E-state index is 12.2. The number of carbonyl (C=O) groups is 2. The van der Waals surface area contributed by atoms with Gasteiger partial charge in [0, 0.05) is 49.8 Å². The average molecular weight is 345 g/mol. The van der Waals surface area contributed by atoms with E-state index in [0.29, 0.717) is 26.2 Å². The fourth-order valence-electron chi connectivity index (χ4n) is 2.58. The number of nitro groups is 1. The molecule has 1 aromatic rings. The van der Waals surface area contributed by atoms with Gasteiger partial charge in [-0.1, -0.05) is 20.8 Å². The molecule has 2 amide bonds. The van der Waals surface area contributed by atoms with Gasteiger partial charge in [0.05, 0.1) is 4.92 Å². The number of benzene rings is 1. The first-order chi connectivity index (χ1) is 11.7. The minimum Gasteiger partial charge on any atom is -0.339 e. The molecule has 0 aromatic heterocycles. The van der Waals surface area contributed by atoms with Crippen LogP contribution < -0.4 is 0 Å². The Bertz CT molecular complexity index is 681. The van der Waals surface area contributed by atoms with Crippen LogP contribution in [0.2, 0.25) is 0 Å². The Hall–Kier alpha value is -2.70. The van der Waals surface area contributed by atoms with Gasteiger partial charge in [-0.25, -0.2) is 0 Å². The molecule has 0 atom stereocenters. The lowest BCUT2D eigenvalue weighted by Gasteiger charge is -2.37. The van der Waals surface area contributed by atoms with E-state index in [1.54, 1.807) is 28.0 Å². The summed E-state index contributed by atoms with van der Waals surface area (Å²) in [5, 5.41) is 10.6. The Morgan fingerprint density at radius 3 is 2.04 bits per heavy atom. The number of nitrogens with zero attached hydrogens (tertiary/aromatic N) is 3. The molecule has 134 valence electrons. The number of hydrogen-bond donors (Lipinski definition) is 0. The largest absolute Gasteiger partial charge is 0.339 e. The highest BCUT2D eigenvalue weighted by molar-refractivity contribution is 5.92. The van der Waals surface area contributed by atoms with Crippen LogP contribution in [0.4, 0.5) is 5.69 Å². The summed E-state index contributed by atoms with van der Waals surface area (Å²) in [5.41, 5.74) is 0.325. The molecule has 0 radical (unpaired) electrons. The number of carbonyl (C=O) groups excluding carboxylic acids is 2. The molecule has 1 aliphatic rings. The van der Waals surface area contributed by atoms with E-state index in [0.717, 1.165) is 5.56 Å². The zero-order chi connectivity index (χ0) is 18.6. The van der Waals surface area contributed by atoms with E-state index in [-0.39, 0.29) is 17.5 Å². The van der Waals surface area contributed by atoms with Crippen molar-refractivity contribution >= 4 is 23.6 Å². The summed E-state index contributed by atoms with van der Waals surface area (Å²) in [6, 6.07) is 6.01. The van der Waals surface area contributed by atoms with E-state index in [2.05, 4.69) is 0 Å². The quantitative estimate of drug-likeness (QED) is 0.478. The van der Waals surface area contributed by atoms with Gasteiger partial charge in [0.1, 0.15) is 0 Å². The van der Waals surface area contributed by atoms with Gasteiger partial charge in [-0.05, 0) is 23.8 Å². The topological polar surface area (TPSA) is 83.8 Å². The van der Waals surface area contributed by atoms with Crippen molar-refractivity contribution in [2.45, 2.75) is 20.8 Å². The van der Waals surface area contributed by atoms with Gasteiger partial charge in [-0.15, -0.1) is 0 Å². The molecule has 1 aromatic carbocycles. The van der Waals surface area contributed by atoms with Crippen LogP contribution in [0.25, 0.3) is 6.08 Å². The Morgan fingerprint density at radius 2 is 1.56 bits per heavy atom. The minimum absolute atomic E-state index is 0.0168. The first-order valence-electron chi connectivity index (χ1n) is 8.19. The molecule has 0 N–H and O–H groups in total. The smallest absolute Gasteiger partial charge is 0.269 e. The van der Waals surface area contributed by atoms with Gasteiger partial charge in [-0.2, -0.15) is 0 Å². The van der Waals surface area contributed by atoms with Crippen LogP contribution in [-0.4, -0.2) is 52.7 Å². The van der Waals surface area contributed by atoms with E-state index in [9.17, 15) is 19.7 Å². The van der Waals surface area contributed by atoms with Gasteiger partial charge >= 0.3 is 0 Å². The van der Waals surface area contributed by atoms with Crippen molar-refractivity contribution in [3.63, 3.8) is 0 Å². The summed E-state index contributed by atoms with van der Waals surface area (Å²) >= 11 is 0. The SMILES string of the molecule is CC(C)(C)C(=O)N1CCN(C(=O)/C=C/c2ccc([N+](=O)[O-])cc2)CC1. The molecule has 1 saturated heterocycles. The molecule has 0 spiro atoms. The number of amides is 2.